The lowest BCUT2D eigenvalue weighted by Gasteiger charge is -2.22. The minimum Gasteiger partial charge on any atom is -0.343 e. The van der Waals surface area contributed by atoms with Crippen molar-refractivity contribution in [3.63, 3.8) is 0 Å². The molecule has 0 saturated carbocycles. The van der Waals surface area contributed by atoms with Crippen molar-refractivity contribution in [2.75, 3.05) is 40.3 Å². The number of carbonyl (C=O) groups excluding carboxylic acids is 2. The van der Waals surface area contributed by atoms with E-state index >= 15 is 0 Å². The smallest absolute Gasteiger partial charge is 0.236 e. The molecule has 0 aromatic carbocycles. The van der Waals surface area contributed by atoms with E-state index in [1.54, 1.807) is 30.1 Å². The minimum absolute atomic E-state index is 0.0315. The van der Waals surface area contributed by atoms with Gasteiger partial charge < -0.3 is 9.80 Å². The van der Waals surface area contributed by atoms with Crippen LogP contribution in [0.1, 0.15) is 5.69 Å². The fourth-order valence-corrected chi connectivity index (χ4v) is 2.06. The molecule has 2 amide bonds. The van der Waals surface area contributed by atoms with Crippen LogP contribution >= 0.6 is 0 Å². The number of hydrogen-bond acceptors (Lipinski definition) is 4. The Morgan fingerprint density at radius 3 is 2.15 bits per heavy atom. The van der Waals surface area contributed by atoms with Crippen molar-refractivity contribution in [1.29, 1.82) is 0 Å². The summed E-state index contributed by atoms with van der Waals surface area (Å²) in [5.41, 5.74) is 0.859. The van der Waals surface area contributed by atoms with E-state index < -0.39 is 0 Å². The van der Waals surface area contributed by atoms with E-state index in [4.69, 9.17) is 0 Å². The van der Waals surface area contributed by atoms with E-state index in [9.17, 15) is 9.59 Å². The van der Waals surface area contributed by atoms with Gasteiger partial charge in [-0.1, -0.05) is 6.07 Å². The molecule has 20 heavy (non-hydrogen) atoms. The lowest BCUT2D eigenvalue weighted by atomic mass is 10.3. The summed E-state index contributed by atoms with van der Waals surface area (Å²) in [6, 6.07) is 5.65. The van der Waals surface area contributed by atoms with Gasteiger partial charge in [0.1, 0.15) is 0 Å². The van der Waals surface area contributed by atoms with Crippen molar-refractivity contribution < 1.29 is 9.59 Å². The summed E-state index contributed by atoms with van der Waals surface area (Å²) in [5, 5.41) is 0. The van der Waals surface area contributed by atoms with Crippen LogP contribution in [0.3, 0.4) is 0 Å². The molecule has 1 aliphatic heterocycles. The molecule has 1 aliphatic rings. The Labute approximate surface area is 119 Å². The number of nitrogens with zero attached hydrogens (tertiary/aromatic N) is 4. The summed E-state index contributed by atoms with van der Waals surface area (Å²) in [5.74, 6) is 0.0630. The Morgan fingerprint density at radius 2 is 1.65 bits per heavy atom. The van der Waals surface area contributed by atoms with Gasteiger partial charge in [0.25, 0.3) is 0 Å². The number of rotatable bonds is 2. The van der Waals surface area contributed by atoms with Crippen LogP contribution in [0.2, 0.25) is 0 Å². The van der Waals surface area contributed by atoms with E-state index in [1.807, 2.05) is 23.1 Å². The van der Waals surface area contributed by atoms with Crippen molar-refractivity contribution in [1.82, 2.24) is 19.7 Å². The maximum atomic E-state index is 12.1. The molecule has 0 radical (unpaired) electrons. The van der Waals surface area contributed by atoms with Crippen LogP contribution < -0.4 is 0 Å². The van der Waals surface area contributed by atoms with Gasteiger partial charge in [0.05, 0.1) is 18.8 Å². The van der Waals surface area contributed by atoms with Gasteiger partial charge in [-0.2, -0.15) is 0 Å². The topological polar surface area (TPSA) is 56.8 Å². The fraction of sp³-hybridized carbons (Fsp3) is 0.500. The highest BCUT2D eigenvalue weighted by Crippen LogP contribution is 2.05. The van der Waals surface area contributed by atoms with Crippen LogP contribution in [0.15, 0.2) is 24.4 Å². The molecule has 1 aromatic heterocycles. The van der Waals surface area contributed by atoms with Crippen molar-refractivity contribution >= 4 is 11.8 Å². The zero-order chi connectivity index (χ0) is 14.5. The highest BCUT2D eigenvalue weighted by molar-refractivity contribution is 5.81. The molecule has 0 aliphatic carbocycles. The van der Waals surface area contributed by atoms with Crippen LogP contribution in [-0.4, -0.2) is 71.8 Å². The summed E-state index contributed by atoms with van der Waals surface area (Å²) < 4.78 is 0. The number of carbonyl (C=O) groups is 2. The third-order valence-electron chi connectivity index (χ3n) is 3.45. The van der Waals surface area contributed by atoms with Crippen molar-refractivity contribution in [2.45, 2.75) is 6.54 Å². The van der Waals surface area contributed by atoms with Crippen LogP contribution in [0.5, 0.6) is 0 Å². The molecule has 0 N–H and O–H groups in total. The van der Waals surface area contributed by atoms with E-state index in [0.717, 1.165) is 5.69 Å². The number of amides is 2. The van der Waals surface area contributed by atoms with Crippen molar-refractivity contribution in [3.8, 4) is 0 Å². The van der Waals surface area contributed by atoms with Crippen LogP contribution in [-0.2, 0) is 16.1 Å². The van der Waals surface area contributed by atoms with Gasteiger partial charge in [0.15, 0.2) is 0 Å². The van der Waals surface area contributed by atoms with E-state index in [-0.39, 0.29) is 24.9 Å². The van der Waals surface area contributed by atoms with Crippen LogP contribution in [0, 0.1) is 0 Å². The SMILES string of the molecule is CN1CCN(C)C(=O)CN(Cc2ccccn2)CC1=O. The van der Waals surface area contributed by atoms with E-state index in [1.165, 1.54) is 0 Å². The fourth-order valence-electron chi connectivity index (χ4n) is 2.06. The first-order valence-corrected chi connectivity index (χ1v) is 6.66. The predicted molar refractivity (Wildman–Crippen MR) is 74.8 cm³/mol. The molecular formula is C14H20N4O2. The normalized spacial score (nSPS) is 18.7. The quantitative estimate of drug-likeness (QED) is 0.751. The van der Waals surface area contributed by atoms with E-state index in [2.05, 4.69) is 4.98 Å². The lowest BCUT2D eigenvalue weighted by molar-refractivity contribution is -0.131. The van der Waals surface area contributed by atoms with Crippen molar-refractivity contribution in [2.24, 2.45) is 0 Å². The Hall–Kier alpha value is -1.95. The highest BCUT2D eigenvalue weighted by atomic mass is 16.2. The Balaban J connectivity index is 2.11. The van der Waals surface area contributed by atoms with E-state index in [0.29, 0.717) is 19.6 Å². The monoisotopic (exact) mass is 276 g/mol. The van der Waals surface area contributed by atoms with Gasteiger partial charge in [0.2, 0.25) is 11.8 Å². The minimum atomic E-state index is 0.0315. The molecule has 0 unspecified atom stereocenters. The maximum absolute atomic E-state index is 12.1. The Kier molecular flexibility index (Phi) is 4.68. The number of pyridine rings is 1. The van der Waals surface area contributed by atoms with Gasteiger partial charge in [-0.3, -0.25) is 19.5 Å². The summed E-state index contributed by atoms with van der Waals surface area (Å²) in [4.78, 5) is 33.6. The molecule has 0 spiro atoms. The van der Waals surface area contributed by atoms with Crippen LogP contribution in [0.25, 0.3) is 0 Å². The van der Waals surface area contributed by atoms with Gasteiger partial charge >= 0.3 is 0 Å². The number of hydrogen-bond donors (Lipinski definition) is 0. The second-order valence-corrected chi connectivity index (χ2v) is 5.10. The largest absolute Gasteiger partial charge is 0.343 e. The standard InChI is InChI=1S/C14H20N4O2/c1-16-7-8-17(2)14(20)11-18(10-13(16)19)9-12-5-3-4-6-15-12/h3-6H,7-11H2,1-2H3. The molecule has 108 valence electrons. The third kappa shape index (κ3) is 3.77. The molecule has 1 fully saturated rings. The summed E-state index contributed by atoms with van der Waals surface area (Å²) >= 11 is 0. The molecule has 1 aromatic rings. The van der Waals surface area contributed by atoms with Gasteiger partial charge in [-0.05, 0) is 12.1 Å². The van der Waals surface area contributed by atoms with Gasteiger partial charge in [-0.15, -0.1) is 0 Å². The average molecular weight is 276 g/mol. The first kappa shape index (κ1) is 14.5. The molecule has 6 heteroatoms. The Morgan fingerprint density at radius 1 is 1.05 bits per heavy atom. The lowest BCUT2D eigenvalue weighted by Crippen LogP contribution is -2.40. The highest BCUT2D eigenvalue weighted by Gasteiger charge is 2.22. The first-order valence-electron chi connectivity index (χ1n) is 6.66. The second-order valence-electron chi connectivity index (χ2n) is 5.10. The molecule has 1 saturated heterocycles. The molecule has 0 atom stereocenters. The van der Waals surface area contributed by atoms with Gasteiger partial charge in [-0.25, -0.2) is 0 Å². The molecular weight excluding hydrogens is 256 g/mol. The third-order valence-corrected chi connectivity index (χ3v) is 3.45. The number of likely N-dealkylation sites (N-methyl/N-ethyl adjacent to an activating group) is 2. The summed E-state index contributed by atoms with van der Waals surface area (Å²) in [7, 11) is 3.54. The zero-order valence-corrected chi connectivity index (χ0v) is 12.0. The number of aromatic nitrogens is 1. The first-order chi connectivity index (χ1) is 9.56. The van der Waals surface area contributed by atoms with Crippen molar-refractivity contribution in [3.05, 3.63) is 30.1 Å². The molecule has 2 heterocycles. The van der Waals surface area contributed by atoms with Crippen LogP contribution in [0.4, 0.5) is 0 Å². The zero-order valence-electron chi connectivity index (χ0n) is 12.0. The molecule has 6 nitrogen and oxygen atoms in total. The van der Waals surface area contributed by atoms with Gasteiger partial charge in [0, 0.05) is 39.9 Å². The summed E-state index contributed by atoms with van der Waals surface area (Å²) in [6.45, 7) is 2.12. The Bertz CT molecular complexity index is 453. The second kappa shape index (κ2) is 6.47. The predicted octanol–water partition coefficient (Wildman–Crippen LogP) is -0.186. The summed E-state index contributed by atoms with van der Waals surface area (Å²) in [6.07, 6.45) is 1.72. The molecule has 0 bridgehead atoms. The molecule has 2 rings (SSSR count). The maximum Gasteiger partial charge on any atom is 0.236 e. The average Bonchev–Trinajstić information content (AvgIpc) is 2.47.